The Morgan fingerprint density at radius 3 is 2.63 bits per heavy atom. The van der Waals surface area contributed by atoms with Crippen LogP contribution < -0.4 is 10.3 Å². The molecule has 3 aromatic rings. The summed E-state index contributed by atoms with van der Waals surface area (Å²) in [5.41, 5.74) is 1.65. The standard InChI is InChI=1S/C20H22N4O2.BrH/c25-20-18(16-7-3-1-4-8-16)19(22-17-15-21-9-12-24(17)20)26-14-13-23-10-5-2-6-11-23;/h1,3-4,7-9,12,15H,2,5-6,10-11,13-14H2;1H. The van der Waals surface area contributed by atoms with Crippen LogP contribution in [0.3, 0.4) is 0 Å². The van der Waals surface area contributed by atoms with Crippen molar-refractivity contribution in [1.29, 1.82) is 0 Å². The quantitative estimate of drug-likeness (QED) is 0.621. The van der Waals surface area contributed by atoms with E-state index in [1.54, 1.807) is 18.6 Å². The van der Waals surface area contributed by atoms with Crippen molar-refractivity contribution < 1.29 is 4.74 Å². The van der Waals surface area contributed by atoms with Gasteiger partial charge in [-0.15, -0.1) is 17.0 Å². The van der Waals surface area contributed by atoms with E-state index in [-0.39, 0.29) is 22.5 Å². The third kappa shape index (κ3) is 4.36. The molecule has 1 saturated heterocycles. The molecule has 2 aromatic heterocycles. The second-order valence-corrected chi connectivity index (χ2v) is 6.52. The molecule has 0 atom stereocenters. The van der Waals surface area contributed by atoms with Gasteiger partial charge >= 0.3 is 0 Å². The number of benzene rings is 1. The summed E-state index contributed by atoms with van der Waals surface area (Å²) in [6.45, 7) is 3.60. The Bertz CT molecular complexity index is 940. The molecule has 1 fully saturated rings. The van der Waals surface area contributed by atoms with Crippen LogP contribution in [0.15, 0.2) is 53.7 Å². The van der Waals surface area contributed by atoms with Crippen LogP contribution >= 0.6 is 17.0 Å². The third-order valence-corrected chi connectivity index (χ3v) is 4.76. The van der Waals surface area contributed by atoms with E-state index in [1.807, 2.05) is 30.3 Å². The molecule has 1 aliphatic heterocycles. The maximum atomic E-state index is 13.0. The van der Waals surface area contributed by atoms with E-state index >= 15 is 0 Å². The van der Waals surface area contributed by atoms with Crippen LogP contribution in [0.1, 0.15) is 19.3 Å². The van der Waals surface area contributed by atoms with Crippen LogP contribution in [0.5, 0.6) is 5.88 Å². The molecule has 27 heavy (non-hydrogen) atoms. The summed E-state index contributed by atoms with van der Waals surface area (Å²) in [4.78, 5) is 24.0. The molecule has 6 nitrogen and oxygen atoms in total. The summed E-state index contributed by atoms with van der Waals surface area (Å²) < 4.78 is 7.50. The molecule has 0 spiro atoms. The molecule has 0 aliphatic carbocycles. The summed E-state index contributed by atoms with van der Waals surface area (Å²) in [6, 6.07) is 9.56. The molecule has 0 radical (unpaired) electrons. The minimum Gasteiger partial charge on any atom is -0.476 e. The van der Waals surface area contributed by atoms with Gasteiger partial charge in [0, 0.05) is 18.9 Å². The Balaban J connectivity index is 0.00000210. The first kappa shape index (κ1) is 19.5. The Kier molecular flexibility index (Phi) is 6.58. The van der Waals surface area contributed by atoms with E-state index in [4.69, 9.17) is 4.74 Å². The van der Waals surface area contributed by atoms with Crippen molar-refractivity contribution in [1.82, 2.24) is 19.3 Å². The van der Waals surface area contributed by atoms with Crippen molar-refractivity contribution in [2.75, 3.05) is 26.2 Å². The highest BCUT2D eigenvalue weighted by Gasteiger charge is 2.17. The van der Waals surface area contributed by atoms with Gasteiger partial charge in [0.25, 0.3) is 5.56 Å². The highest BCUT2D eigenvalue weighted by Crippen LogP contribution is 2.25. The molecule has 142 valence electrons. The minimum absolute atomic E-state index is 0. The lowest BCUT2D eigenvalue weighted by Gasteiger charge is -2.26. The van der Waals surface area contributed by atoms with Crippen LogP contribution in [-0.2, 0) is 0 Å². The van der Waals surface area contributed by atoms with E-state index in [1.165, 1.54) is 23.7 Å². The Labute approximate surface area is 168 Å². The van der Waals surface area contributed by atoms with Gasteiger partial charge in [0.1, 0.15) is 12.2 Å². The van der Waals surface area contributed by atoms with Gasteiger partial charge in [0.2, 0.25) is 5.88 Å². The molecule has 1 aromatic carbocycles. The minimum atomic E-state index is -0.142. The average Bonchev–Trinajstić information content (AvgIpc) is 2.70. The van der Waals surface area contributed by atoms with E-state index < -0.39 is 0 Å². The molecule has 1 aliphatic rings. The van der Waals surface area contributed by atoms with Crippen LogP contribution in [0.4, 0.5) is 0 Å². The Morgan fingerprint density at radius 2 is 1.85 bits per heavy atom. The second kappa shape index (κ2) is 9.10. The molecule has 0 saturated carbocycles. The number of rotatable bonds is 5. The zero-order valence-corrected chi connectivity index (χ0v) is 16.8. The number of hydrogen-bond donors (Lipinski definition) is 0. The largest absolute Gasteiger partial charge is 0.476 e. The molecule has 7 heteroatoms. The first-order chi connectivity index (χ1) is 12.8. The topological polar surface area (TPSA) is 59.7 Å². The van der Waals surface area contributed by atoms with Crippen molar-refractivity contribution in [2.24, 2.45) is 0 Å². The highest BCUT2D eigenvalue weighted by molar-refractivity contribution is 8.93. The predicted octanol–water partition coefficient (Wildman–Crippen LogP) is 3.20. The van der Waals surface area contributed by atoms with E-state index in [9.17, 15) is 4.79 Å². The molecular formula is C20H23BrN4O2. The van der Waals surface area contributed by atoms with Crippen molar-refractivity contribution in [3.63, 3.8) is 0 Å². The van der Waals surface area contributed by atoms with Gasteiger partial charge in [-0.1, -0.05) is 36.8 Å². The number of fused-ring (bicyclic) bond motifs is 1. The molecule has 4 rings (SSSR count). The van der Waals surface area contributed by atoms with Crippen LogP contribution in [0.2, 0.25) is 0 Å². The SMILES string of the molecule is Br.O=c1c(-c2ccccc2)c(OCCN2CCCCC2)nc2cnccn12. The second-order valence-electron chi connectivity index (χ2n) is 6.52. The number of halogens is 1. The lowest BCUT2D eigenvalue weighted by molar-refractivity contribution is 0.181. The number of ether oxygens (including phenoxy) is 1. The first-order valence-corrected chi connectivity index (χ1v) is 9.10. The summed E-state index contributed by atoms with van der Waals surface area (Å²) in [7, 11) is 0. The van der Waals surface area contributed by atoms with Gasteiger partial charge in [-0.25, -0.2) is 0 Å². The summed E-state index contributed by atoms with van der Waals surface area (Å²) in [5.74, 6) is 0.381. The van der Waals surface area contributed by atoms with Gasteiger partial charge in [-0.05, 0) is 31.5 Å². The monoisotopic (exact) mass is 430 g/mol. The maximum absolute atomic E-state index is 13.0. The fourth-order valence-electron chi connectivity index (χ4n) is 3.39. The number of nitrogens with zero attached hydrogens (tertiary/aromatic N) is 4. The van der Waals surface area contributed by atoms with Gasteiger partial charge in [0.05, 0.1) is 6.20 Å². The molecule has 0 unspecified atom stereocenters. The van der Waals surface area contributed by atoms with Gasteiger partial charge < -0.3 is 4.74 Å². The summed E-state index contributed by atoms with van der Waals surface area (Å²) >= 11 is 0. The summed E-state index contributed by atoms with van der Waals surface area (Å²) in [6.07, 6.45) is 8.60. The number of likely N-dealkylation sites (tertiary alicyclic amines) is 1. The summed E-state index contributed by atoms with van der Waals surface area (Å²) in [5, 5.41) is 0. The van der Waals surface area contributed by atoms with E-state index in [2.05, 4.69) is 14.9 Å². The van der Waals surface area contributed by atoms with Gasteiger partial charge in [-0.2, -0.15) is 4.98 Å². The number of piperidine rings is 1. The van der Waals surface area contributed by atoms with Crippen LogP contribution in [0, 0.1) is 0 Å². The normalized spacial score (nSPS) is 14.7. The molecule has 0 bridgehead atoms. The van der Waals surface area contributed by atoms with Gasteiger partial charge in [-0.3, -0.25) is 19.1 Å². The lowest BCUT2D eigenvalue weighted by atomic mass is 10.1. The molecular weight excluding hydrogens is 408 g/mol. The first-order valence-electron chi connectivity index (χ1n) is 9.10. The van der Waals surface area contributed by atoms with E-state index in [0.717, 1.165) is 25.2 Å². The average molecular weight is 431 g/mol. The van der Waals surface area contributed by atoms with Gasteiger partial charge in [0.15, 0.2) is 5.65 Å². The molecule has 0 N–H and O–H groups in total. The molecule has 3 heterocycles. The smallest absolute Gasteiger partial charge is 0.269 e. The van der Waals surface area contributed by atoms with E-state index in [0.29, 0.717) is 23.7 Å². The van der Waals surface area contributed by atoms with Crippen LogP contribution in [-0.4, -0.2) is 45.5 Å². The van der Waals surface area contributed by atoms with Crippen molar-refractivity contribution in [2.45, 2.75) is 19.3 Å². The third-order valence-electron chi connectivity index (χ3n) is 4.76. The van der Waals surface area contributed by atoms with Crippen molar-refractivity contribution in [3.8, 4) is 17.0 Å². The lowest BCUT2D eigenvalue weighted by Crippen LogP contribution is -2.33. The maximum Gasteiger partial charge on any atom is 0.269 e. The van der Waals surface area contributed by atoms with Crippen LogP contribution in [0.25, 0.3) is 16.8 Å². The zero-order chi connectivity index (χ0) is 17.8. The molecule has 0 amide bonds. The Morgan fingerprint density at radius 1 is 1.07 bits per heavy atom. The van der Waals surface area contributed by atoms with Crippen molar-refractivity contribution in [3.05, 3.63) is 59.3 Å². The zero-order valence-electron chi connectivity index (χ0n) is 15.1. The predicted molar refractivity (Wildman–Crippen MR) is 111 cm³/mol. The van der Waals surface area contributed by atoms with Crippen molar-refractivity contribution >= 4 is 22.6 Å². The fourth-order valence-corrected chi connectivity index (χ4v) is 3.39. The highest BCUT2D eigenvalue weighted by atomic mass is 79.9. The number of aromatic nitrogens is 3. The number of hydrogen-bond acceptors (Lipinski definition) is 5. The fraction of sp³-hybridized carbons (Fsp3) is 0.350. The Hall–Kier alpha value is -2.25.